The van der Waals surface area contributed by atoms with Crippen LogP contribution in [0.25, 0.3) is 5.32 Å². The number of hydrogen-bond donors (Lipinski definition) is 0. The van der Waals surface area contributed by atoms with Crippen LogP contribution in [0.2, 0.25) is 0 Å². The standard InChI is InChI=1S/C7H3F5N/c1-13-7-5(11)3(9)2(8)4(10)6(7)12/h1H3/q-1. The lowest BCUT2D eigenvalue weighted by Crippen LogP contribution is -2.00. The van der Waals surface area contributed by atoms with Gasteiger partial charge in [0, 0.05) is 0 Å². The SMILES string of the molecule is C[N-]c1c(F)c(F)c(F)c(F)c1F. The van der Waals surface area contributed by atoms with Gasteiger partial charge in [-0.05, 0) is 0 Å². The van der Waals surface area contributed by atoms with E-state index in [2.05, 4.69) is 5.32 Å². The Morgan fingerprint density at radius 1 is 0.692 bits per heavy atom. The third-order valence-corrected chi connectivity index (χ3v) is 1.41. The van der Waals surface area contributed by atoms with E-state index in [0.717, 1.165) is 7.05 Å². The molecule has 0 heterocycles. The molecular weight excluding hydrogens is 193 g/mol. The van der Waals surface area contributed by atoms with Crippen LogP contribution < -0.4 is 0 Å². The molecule has 13 heavy (non-hydrogen) atoms. The van der Waals surface area contributed by atoms with E-state index >= 15 is 0 Å². The molecule has 0 aliphatic carbocycles. The molecule has 0 bridgehead atoms. The Kier molecular flexibility index (Phi) is 2.40. The molecular formula is C7H3F5N-. The molecule has 1 nitrogen and oxygen atoms in total. The highest BCUT2D eigenvalue weighted by Gasteiger charge is 2.20. The van der Waals surface area contributed by atoms with Crippen molar-refractivity contribution in [2.24, 2.45) is 0 Å². The Morgan fingerprint density at radius 3 is 1.31 bits per heavy atom. The Labute approximate surface area is 70.2 Å². The fraction of sp³-hybridized carbons (Fsp3) is 0.143. The normalized spacial score (nSPS) is 10.3. The van der Waals surface area contributed by atoms with E-state index in [9.17, 15) is 22.0 Å². The molecule has 1 aromatic carbocycles. The van der Waals surface area contributed by atoms with Gasteiger partial charge in [-0.15, -0.1) is 7.05 Å². The maximum Gasteiger partial charge on any atom is 0.200 e. The molecule has 72 valence electrons. The number of nitrogens with zero attached hydrogens (tertiary/aromatic N) is 1. The average Bonchev–Trinajstić information content (AvgIpc) is 2.13. The van der Waals surface area contributed by atoms with E-state index in [0.29, 0.717) is 0 Å². The van der Waals surface area contributed by atoms with Gasteiger partial charge >= 0.3 is 0 Å². The third kappa shape index (κ3) is 1.32. The summed E-state index contributed by atoms with van der Waals surface area (Å²) in [5.41, 5.74) is -1.16. The van der Waals surface area contributed by atoms with Gasteiger partial charge < -0.3 is 5.32 Å². The van der Waals surface area contributed by atoms with Crippen LogP contribution in [-0.2, 0) is 0 Å². The highest BCUT2D eigenvalue weighted by Crippen LogP contribution is 2.30. The van der Waals surface area contributed by atoms with Crippen LogP contribution in [0.5, 0.6) is 0 Å². The number of benzene rings is 1. The van der Waals surface area contributed by atoms with Crippen LogP contribution in [-0.4, -0.2) is 7.05 Å². The van der Waals surface area contributed by atoms with Crippen LogP contribution in [0, 0.1) is 29.1 Å². The summed E-state index contributed by atoms with van der Waals surface area (Å²) in [4.78, 5) is 0. The van der Waals surface area contributed by atoms with Crippen LogP contribution in [0.4, 0.5) is 27.6 Å². The van der Waals surface area contributed by atoms with Gasteiger partial charge in [0.2, 0.25) is 0 Å². The molecule has 0 saturated heterocycles. The van der Waals surface area contributed by atoms with E-state index in [1.54, 1.807) is 0 Å². The Balaban J connectivity index is 3.56. The molecule has 0 aliphatic heterocycles. The van der Waals surface area contributed by atoms with Gasteiger partial charge in [0.25, 0.3) is 0 Å². The van der Waals surface area contributed by atoms with Crippen LogP contribution >= 0.6 is 0 Å². The minimum atomic E-state index is -2.18. The Bertz CT molecular complexity index is 320. The van der Waals surface area contributed by atoms with Crippen molar-refractivity contribution >= 4 is 5.69 Å². The molecule has 0 saturated carbocycles. The maximum atomic E-state index is 12.6. The summed E-state index contributed by atoms with van der Waals surface area (Å²) >= 11 is 0. The Morgan fingerprint density at radius 2 is 1.00 bits per heavy atom. The molecule has 0 N–H and O–H groups in total. The highest BCUT2D eigenvalue weighted by molar-refractivity contribution is 5.51. The lowest BCUT2D eigenvalue weighted by molar-refractivity contribution is 0.382. The van der Waals surface area contributed by atoms with Gasteiger partial charge in [0.15, 0.2) is 17.5 Å². The molecule has 0 aliphatic rings. The van der Waals surface area contributed by atoms with Crippen molar-refractivity contribution in [2.75, 3.05) is 7.05 Å². The van der Waals surface area contributed by atoms with Gasteiger partial charge in [-0.3, -0.25) is 0 Å². The van der Waals surface area contributed by atoms with Crippen molar-refractivity contribution in [1.82, 2.24) is 0 Å². The van der Waals surface area contributed by atoms with Gasteiger partial charge in [-0.1, -0.05) is 5.69 Å². The zero-order valence-electron chi connectivity index (χ0n) is 6.34. The van der Waals surface area contributed by atoms with Crippen molar-refractivity contribution in [3.63, 3.8) is 0 Å². The summed E-state index contributed by atoms with van der Waals surface area (Å²) in [6.07, 6.45) is 0. The molecule has 0 unspecified atom stereocenters. The van der Waals surface area contributed by atoms with E-state index < -0.39 is 34.8 Å². The quantitative estimate of drug-likeness (QED) is 0.372. The predicted molar refractivity (Wildman–Crippen MR) is 35.2 cm³/mol. The largest absolute Gasteiger partial charge is 0.682 e. The summed E-state index contributed by atoms with van der Waals surface area (Å²) in [6, 6.07) is 0. The van der Waals surface area contributed by atoms with Gasteiger partial charge in [0.05, 0.1) is 0 Å². The molecule has 1 rings (SSSR count). The summed E-state index contributed by atoms with van der Waals surface area (Å²) in [5, 5.41) is 2.94. The molecule has 1 aromatic rings. The first-order valence-corrected chi connectivity index (χ1v) is 3.12. The Hall–Kier alpha value is -1.33. The fourth-order valence-corrected chi connectivity index (χ4v) is 0.790. The first-order chi connectivity index (χ1) is 6.00. The first-order valence-electron chi connectivity index (χ1n) is 3.12. The summed E-state index contributed by atoms with van der Waals surface area (Å²) in [6.45, 7) is 0. The first kappa shape index (κ1) is 9.76. The topological polar surface area (TPSA) is 14.1 Å². The lowest BCUT2D eigenvalue weighted by atomic mass is 10.2. The second-order valence-electron chi connectivity index (χ2n) is 2.14. The zero-order valence-corrected chi connectivity index (χ0v) is 6.34. The smallest absolute Gasteiger partial charge is 0.200 e. The molecule has 0 fully saturated rings. The molecule has 0 atom stereocenters. The van der Waals surface area contributed by atoms with Crippen LogP contribution in [0.15, 0.2) is 0 Å². The van der Waals surface area contributed by atoms with Gasteiger partial charge in [-0.2, -0.15) is 0 Å². The fourth-order valence-electron chi connectivity index (χ4n) is 0.790. The minimum Gasteiger partial charge on any atom is -0.682 e. The second-order valence-corrected chi connectivity index (χ2v) is 2.14. The molecule has 0 aromatic heterocycles. The lowest BCUT2D eigenvalue weighted by Gasteiger charge is -2.16. The average molecular weight is 196 g/mol. The van der Waals surface area contributed by atoms with Crippen LogP contribution in [0.3, 0.4) is 0 Å². The van der Waals surface area contributed by atoms with Crippen molar-refractivity contribution in [1.29, 1.82) is 0 Å². The maximum absolute atomic E-state index is 12.6. The number of hydrogen-bond acceptors (Lipinski definition) is 0. The molecule has 6 heteroatoms. The zero-order chi connectivity index (χ0) is 10.2. The van der Waals surface area contributed by atoms with E-state index in [1.807, 2.05) is 0 Å². The van der Waals surface area contributed by atoms with Gasteiger partial charge in [0.1, 0.15) is 11.6 Å². The monoisotopic (exact) mass is 196 g/mol. The summed E-state index contributed by atoms with van der Waals surface area (Å²) in [7, 11) is 0.929. The van der Waals surface area contributed by atoms with Crippen LogP contribution in [0.1, 0.15) is 0 Å². The predicted octanol–water partition coefficient (Wildman–Crippen LogP) is 3.02. The van der Waals surface area contributed by atoms with Crippen molar-refractivity contribution in [3.05, 3.63) is 34.4 Å². The molecule has 0 radical (unpaired) electrons. The van der Waals surface area contributed by atoms with E-state index in [-0.39, 0.29) is 0 Å². The van der Waals surface area contributed by atoms with Gasteiger partial charge in [-0.25, -0.2) is 22.0 Å². The van der Waals surface area contributed by atoms with Crippen molar-refractivity contribution in [3.8, 4) is 0 Å². The van der Waals surface area contributed by atoms with Crippen molar-refractivity contribution in [2.45, 2.75) is 0 Å². The molecule has 0 spiro atoms. The van der Waals surface area contributed by atoms with E-state index in [4.69, 9.17) is 0 Å². The third-order valence-electron chi connectivity index (χ3n) is 1.41. The van der Waals surface area contributed by atoms with E-state index in [1.165, 1.54) is 0 Å². The minimum absolute atomic E-state index is 0.929. The van der Waals surface area contributed by atoms with Crippen molar-refractivity contribution < 1.29 is 22.0 Å². The summed E-state index contributed by atoms with van der Waals surface area (Å²) in [5.74, 6) is -9.99. The molecule has 0 amide bonds. The second kappa shape index (κ2) is 3.20. The summed E-state index contributed by atoms with van der Waals surface area (Å²) < 4.78 is 62.3. The number of halogens is 5. The highest BCUT2D eigenvalue weighted by atomic mass is 19.2. The number of rotatable bonds is 1.